The summed E-state index contributed by atoms with van der Waals surface area (Å²) in [6.07, 6.45) is 11.4. The van der Waals surface area contributed by atoms with Crippen molar-refractivity contribution < 1.29 is 9.90 Å². The number of carbonyl (C=O) groups excluding carboxylic acids is 1. The normalized spacial score (nSPS) is 21.7. The minimum Gasteiger partial charge on any atom is -0.396 e. The lowest BCUT2D eigenvalue weighted by Crippen LogP contribution is -1.87. The third-order valence-corrected chi connectivity index (χ3v) is 3.45. The summed E-state index contributed by atoms with van der Waals surface area (Å²) >= 11 is 0. The average molecular weight is 248 g/mol. The zero-order chi connectivity index (χ0) is 13.2. The Labute approximate surface area is 110 Å². The van der Waals surface area contributed by atoms with E-state index in [1.54, 1.807) is 6.08 Å². The minimum atomic E-state index is 0.0504. The van der Waals surface area contributed by atoms with E-state index in [4.69, 9.17) is 5.11 Å². The van der Waals surface area contributed by atoms with Crippen molar-refractivity contribution in [2.45, 2.75) is 51.9 Å². The zero-order valence-electron chi connectivity index (χ0n) is 11.3. The summed E-state index contributed by atoms with van der Waals surface area (Å²) in [6, 6.07) is 0. The summed E-state index contributed by atoms with van der Waals surface area (Å²) in [5, 5.41) is 8.68. The highest BCUT2D eigenvalue weighted by molar-refractivity contribution is 5.87. The Kier molecular flexibility index (Phi) is 7.44. The number of rotatable bonds is 8. The molecule has 1 rings (SSSR count). The summed E-state index contributed by atoms with van der Waals surface area (Å²) in [4.78, 5) is 10.6. The SMILES string of the molecule is CC(=O)/C=C/C#CCC[C@H]1C[C@H]1CCCCCO. The van der Waals surface area contributed by atoms with Crippen LogP contribution in [0.3, 0.4) is 0 Å². The van der Waals surface area contributed by atoms with Crippen LogP contribution in [-0.4, -0.2) is 17.5 Å². The highest BCUT2D eigenvalue weighted by atomic mass is 16.2. The lowest BCUT2D eigenvalue weighted by Gasteiger charge is -1.98. The maximum absolute atomic E-state index is 10.6. The molecule has 0 bridgehead atoms. The largest absolute Gasteiger partial charge is 0.396 e. The number of carbonyl (C=O) groups is 1. The van der Waals surface area contributed by atoms with Crippen LogP contribution in [0.5, 0.6) is 0 Å². The molecule has 1 N–H and O–H groups in total. The fraction of sp³-hybridized carbons (Fsp3) is 0.688. The highest BCUT2D eigenvalue weighted by Crippen LogP contribution is 2.45. The van der Waals surface area contributed by atoms with E-state index in [2.05, 4.69) is 11.8 Å². The van der Waals surface area contributed by atoms with E-state index in [-0.39, 0.29) is 5.78 Å². The minimum absolute atomic E-state index is 0.0504. The molecule has 0 radical (unpaired) electrons. The number of unbranched alkanes of at least 4 members (excludes halogenated alkanes) is 2. The number of hydrogen-bond donors (Lipinski definition) is 1. The van der Waals surface area contributed by atoms with Gasteiger partial charge in [-0.1, -0.05) is 31.1 Å². The van der Waals surface area contributed by atoms with Crippen LogP contribution in [-0.2, 0) is 4.79 Å². The molecule has 2 atom stereocenters. The molecule has 0 aromatic rings. The molecular formula is C16H24O2. The van der Waals surface area contributed by atoms with Gasteiger partial charge in [-0.05, 0) is 50.2 Å². The predicted octanol–water partition coefficient (Wildman–Crippen LogP) is 3.10. The second-order valence-corrected chi connectivity index (χ2v) is 5.13. The van der Waals surface area contributed by atoms with Gasteiger partial charge in [-0.3, -0.25) is 4.79 Å². The van der Waals surface area contributed by atoms with Gasteiger partial charge in [0.2, 0.25) is 0 Å². The number of aliphatic hydroxyl groups is 1. The van der Waals surface area contributed by atoms with Crippen molar-refractivity contribution in [1.82, 2.24) is 0 Å². The molecule has 18 heavy (non-hydrogen) atoms. The van der Waals surface area contributed by atoms with Crippen LogP contribution in [0.1, 0.15) is 51.9 Å². The Morgan fingerprint density at radius 3 is 2.78 bits per heavy atom. The van der Waals surface area contributed by atoms with Crippen molar-refractivity contribution in [3.05, 3.63) is 12.2 Å². The number of ketones is 1. The first-order chi connectivity index (χ1) is 8.74. The van der Waals surface area contributed by atoms with Crippen LogP contribution < -0.4 is 0 Å². The molecule has 0 saturated heterocycles. The lowest BCUT2D eigenvalue weighted by atomic mass is 10.1. The van der Waals surface area contributed by atoms with Crippen LogP contribution >= 0.6 is 0 Å². The van der Waals surface area contributed by atoms with Gasteiger partial charge in [-0.15, -0.1) is 0 Å². The van der Waals surface area contributed by atoms with Crippen LogP contribution in [0.4, 0.5) is 0 Å². The average Bonchev–Trinajstić information content (AvgIpc) is 3.07. The summed E-state index contributed by atoms with van der Waals surface area (Å²) in [7, 11) is 0. The molecular weight excluding hydrogens is 224 g/mol. The van der Waals surface area contributed by atoms with Gasteiger partial charge in [0.05, 0.1) is 0 Å². The monoisotopic (exact) mass is 248 g/mol. The van der Waals surface area contributed by atoms with Crippen LogP contribution in [0.25, 0.3) is 0 Å². The van der Waals surface area contributed by atoms with Crippen molar-refractivity contribution in [3.63, 3.8) is 0 Å². The highest BCUT2D eigenvalue weighted by Gasteiger charge is 2.34. The van der Waals surface area contributed by atoms with Crippen molar-refractivity contribution in [1.29, 1.82) is 0 Å². The zero-order valence-corrected chi connectivity index (χ0v) is 11.3. The fourth-order valence-corrected chi connectivity index (χ4v) is 2.26. The van der Waals surface area contributed by atoms with Crippen LogP contribution in [0, 0.1) is 23.7 Å². The Morgan fingerprint density at radius 2 is 2.06 bits per heavy atom. The van der Waals surface area contributed by atoms with Gasteiger partial charge in [0, 0.05) is 13.0 Å². The molecule has 0 heterocycles. The fourth-order valence-electron chi connectivity index (χ4n) is 2.26. The van der Waals surface area contributed by atoms with Crippen LogP contribution in [0.2, 0.25) is 0 Å². The van der Waals surface area contributed by atoms with E-state index in [1.165, 1.54) is 38.7 Å². The van der Waals surface area contributed by atoms with E-state index in [0.29, 0.717) is 6.61 Å². The molecule has 1 aliphatic carbocycles. The van der Waals surface area contributed by atoms with Gasteiger partial charge in [0.25, 0.3) is 0 Å². The predicted molar refractivity (Wildman–Crippen MR) is 74.0 cm³/mol. The molecule has 0 unspecified atom stereocenters. The molecule has 0 aromatic heterocycles. The van der Waals surface area contributed by atoms with E-state index in [9.17, 15) is 4.79 Å². The van der Waals surface area contributed by atoms with Crippen molar-refractivity contribution in [2.24, 2.45) is 11.8 Å². The maximum Gasteiger partial charge on any atom is 0.153 e. The van der Waals surface area contributed by atoms with Crippen molar-refractivity contribution in [3.8, 4) is 11.8 Å². The van der Waals surface area contributed by atoms with Gasteiger partial charge in [-0.2, -0.15) is 0 Å². The molecule has 1 saturated carbocycles. The molecule has 0 amide bonds. The second-order valence-electron chi connectivity index (χ2n) is 5.13. The maximum atomic E-state index is 10.6. The Morgan fingerprint density at radius 1 is 1.28 bits per heavy atom. The van der Waals surface area contributed by atoms with Crippen molar-refractivity contribution in [2.75, 3.05) is 6.61 Å². The Balaban J connectivity index is 1.97. The quantitative estimate of drug-likeness (QED) is 0.407. The first kappa shape index (κ1) is 15.0. The Hall–Kier alpha value is -1.07. The van der Waals surface area contributed by atoms with E-state index in [1.807, 2.05) is 0 Å². The number of aliphatic hydroxyl groups excluding tert-OH is 1. The van der Waals surface area contributed by atoms with Crippen LogP contribution in [0.15, 0.2) is 12.2 Å². The van der Waals surface area contributed by atoms with E-state index >= 15 is 0 Å². The first-order valence-corrected chi connectivity index (χ1v) is 7.00. The first-order valence-electron chi connectivity index (χ1n) is 7.00. The third-order valence-electron chi connectivity index (χ3n) is 3.45. The molecule has 2 heteroatoms. The smallest absolute Gasteiger partial charge is 0.153 e. The summed E-state index contributed by atoms with van der Waals surface area (Å²) in [5.74, 6) is 7.83. The number of hydrogen-bond acceptors (Lipinski definition) is 2. The van der Waals surface area contributed by atoms with E-state index in [0.717, 1.165) is 31.1 Å². The van der Waals surface area contributed by atoms with Gasteiger partial charge in [0.15, 0.2) is 5.78 Å². The molecule has 100 valence electrons. The van der Waals surface area contributed by atoms with Crippen molar-refractivity contribution >= 4 is 5.78 Å². The molecule has 2 nitrogen and oxygen atoms in total. The molecule has 0 spiro atoms. The Bertz CT molecular complexity index is 333. The summed E-state index contributed by atoms with van der Waals surface area (Å²) in [5.41, 5.74) is 0. The topological polar surface area (TPSA) is 37.3 Å². The molecule has 1 aliphatic rings. The lowest BCUT2D eigenvalue weighted by molar-refractivity contribution is -0.112. The number of allylic oxidation sites excluding steroid dienone is 2. The van der Waals surface area contributed by atoms with Gasteiger partial charge in [0.1, 0.15) is 0 Å². The third kappa shape index (κ3) is 7.29. The van der Waals surface area contributed by atoms with E-state index < -0.39 is 0 Å². The van der Waals surface area contributed by atoms with Gasteiger partial charge in [-0.25, -0.2) is 0 Å². The van der Waals surface area contributed by atoms with Gasteiger partial charge < -0.3 is 5.11 Å². The summed E-state index contributed by atoms with van der Waals surface area (Å²) < 4.78 is 0. The molecule has 1 fully saturated rings. The van der Waals surface area contributed by atoms with Gasteiger partial charge >= 0.3 is 0 Å². The standard InChI is InChI=1S/C16H24O2/c1-14(18)9-5-2-3-6-10-15-13-16(15)11-7-4-8-12-17/h5,9,15-17H,4,6-8,10-13H2,1H3/b9-5+/t15-,16+/m0/s1. The molecule has 0 aliphatic heterocycles. The summed E-state index contributed by atoms with van der Waals surface area (Å²) in [6.45, 7) is 1.86. The molecule has 0 aromatic carbocycles. The second kappa shape index (κ2) is 8.94.